The molecule has 0 aromatic carbocycles. The first kappa shape index (κ1) is 11.2. The molecule has 0 bridgehead atoms. The summed E-state index contributed by atoms with van der Waals surface area (Å²) in [7, 11) is 0. The highest BCUT2D eigenvalue weighted by Crippen LogP contribution is 2.26. The maximum Gasteiger partial charge on any atom is 0.224 e. The highest BCUT2D eigenvalue weighted by molar-refractivity contribution is 9.10. The van der Waals surface area contributed by atoms with Crippen LogP contribution >= 0.6 is 27.5 Å². The average molecular weight is 314 g/mol. The summed E-state index contributed by atoms with van der Waals surface area (Å²) in [5.41, 5.74) is 2.42. The van der Waals surface area contributed by atoms with Crippen LogP contribution in [0.5, 0.6) is 0 Å². The molecule has 0 N–H and O–H groups in total. The Labute approximate surface area is 112 Å². The molecule has 0 fully saturated rings. The lowest BCUT2D eigenvalue weighted by Gasteiger charge is -2.14. The van der Waals surface area contributed by atoms with Gasteiger partial charge in [-0.1, -0.05) is 0 Å². The highest BCUT2D eigenvalue weighted by atomic mass is 79.9. The molecule has 0 spiro atoms. The van der Waals surface area contributed by atoms with E-state index in [0.717, 1.165) is 23.1 Å². The topological polar surface area (TPSA) is 43.6 Å². The van der Waals surface area contributed by atoms with Crippen molar-refractivity contribution in [2.24, 2.45) is 0 Å². The number of hydrogen-bond acceptors (Lipinski definition) is 3. The Balaban J connectivity index is 2.15. The van der Waals surface area contributed by atoms with E-state index in [0.29, 0.717) is 0 Å². The Morgan fingerprint density at radius 2 is 2.06 bits per heavy atom. The summed E-state index contributed by atoms with van der Waals surface area (Å²) in [5.74, 6) is 0.764. The average Bonchev–Trinajstić information content (AvgIpc) is 2.76. The number of rotatable bonds is 1. The Morgan fingerprint density at radius 3 is 2.94 bits per heavy atom. The number of fused-ring (bicyclic) bond motifs is 1. The van der Waals surface area contributed by atoms with Crippen molar-refractivity contribution in [3.63, 3.8) is 0 Å². The van der Waals surface area contributed by atoms with Gasteiger partial charge in [0.2, 0.25) is 5.28 Å². The zero-order valence-electron chi connectivity index (χ0n) is 9.03. The van der Waals surface area contributed by atoms with Crippen molar-refractivity contribution < 1.29 is 0 Å². The van der Waals surface area contributed by atoms with Crippen LogP contribution in [0.25, 0.3) is 5.82 Å². The summed E-state index contributed by atoms with van der Waals surface area (Å²) in [6.07, 6.45) is 8.01. The van der Waals surface area contributed by atoms with Gasteiger partial charge in [0.1, 0.15) is 6.33 Å². The van der Waals surface area contributed by atoms with E-state index in [9.17, 15) is 0 Å². The van der Waals surface area contributed by atoms with E-state index in [1.165, 1.54) is 24.2 Å². The summed E-state index contributed by atoms with van der Waals surface area (Å²) in [6.45, 7) is 0. The van der Waals surface area contributed by atoms with E-state index in [1.807, 2.05) is 10.9 Å². The molecule has 1 aliphatic carbocycles. The van der Waals surface area contributed by atoms with Crippen molar-refractivity contribution in [3.05, 3.63) is 33.7 Å². The third-order valence-corrected chi connectivity index (χ3v) is 3.70. The fourth-order valence-electron chi connectivity index (χ4n) is 2.16. The van der Waals surface area contributed by atoms with Gasteiger partial charge in [-0.05, 0) is 53.2 Å². The Bertz CT molecular complexity index is 567. The van der Waals surface area contributed by atoms with Crippen molar-refractivity contribution >= 4 is 27.5 Å². The molecule has 2 aromatic heterocycles. The molecular formula is C11H10BrClN4. The minimum Gasteiger partial charge on any atom is -0.286 e. The third kappa shape index (κ3) is 1.98. The van der Waals surface area contributed by atoms with Crippen LogP contribution in [0.4, 0.5) is 0 Å². The zero-order chi connectivity index (χ0) is 11.8. The number of imidazole rings is 1. The van der Waals surface area contributed by atoms with E-state index < -0.39 is 0 Å². The van der Waals surface area contributed by atoms with Crippen molar-refractivity contribution in [2.75, 3.05) is 0 Å². The summed E-state index contributed by atoms with van der Waals surface area (Å²) in [5, 5.41) is 0.251. The minimum absolute atomic E-state index is 0.251. The molecule has 0 saturated heterocycles. The van der Waals surface area contributed by atoms with Gasteiger partial charge in [-0.15, -0.1) is 0 Å². The first-order chi connectivity index (χ1) is 8.25. The quantitative estimate of drug-likeness (QED) is 0.760. The second kappa shape index (κ2) is 4.38. The van der Waals surface area contributed by atoms with Crippen LogP contribution in [0.2, 0.25) is 5.28 Å². The number of hydrogen-bond donors (Lipinski definition) is 0. The molecule has 0 aliphatic heterocycles. The Hall–Kier alpha value is -0.940. The lowest BCUT2D eigenvalue weighted by Crippen LogP contribution is -2.08. The first-order valence-electron chi connectivity index (χ1n) is 5.49. The monoisotopic (exact) mass is 312 g/mol. The van der Waals surface area contributed by atoms with E-state index in [4.69, 9.17) is 11.6 Å². The zero-order valence-corrected chi connectivity index (χ0v) is 11.4. The van der Waals surface area contributed by atoms with E-state index in [1.54, 1.807) is 6.20 Å². The molecule has 88 valence electrons. The Kier molecular flexibility index (Phi) is 2.88. The van der Waals surface area contributed by atoms with Gasteiger partial charge in [-0.3, -0.25) is 4.57 Å². The van der Waals surface area contributed by atoms with Gasteiger partial charge >= 0.3 is 0 Å². The predicted octanol–water partition coefficient (Wildman–Crippen LogP) is 2.96. The molecule has 3 rings (SSSR count). The van der Waals surface area contributed by atoms with Crippen molar-refractivity contribution in [1.29, 1.82) is 0 Å². The maximum absolute atomic E-state index is 5.84. The standard InChI is InChI=1S/C11H10BrClN4/c12-7-5-14-11(13)16-10(7)17-6-15-8-3-1-2-4-9(8)17/h5-6H,1-4H2. The van der Waals surface area contributed by atoms with Crippen LogP contribution in [0.3, 0.4) is 0 Å². The number of aromatic nitrogens is 4. The van der Waals surface area contributed by atoms with E-state index in [2.05, 4.69) is 30.9 Å². The van der Waals surface area contributed by atoms with Crippen LogP contribution in [0, 0.1) is 0 Å². The molecular weight excluding hydrogens is 304 g/mol. The highest BCUT2D eigenvalue weighted by Gasteiger charge is 2.18. The van der Waals surface area contributed by atoms with Crippen LogP contribution in [-0.4, -0.2) is 19.5 Å². The molecule has 17 heavy (non-hydrogen) atoms. The summed E-state index contributed by atoms with van der Waals surface area (Å²) in [4.78, 5) is 12.6. The van der Waals surface area contributed by atoms with Gasteiger partial charge in [-0.2, -0.15) is 4.98 Å². The van der Waals surface area contributed by atoms with Crippen molar-refractivity contribution in [2.45, 2.75) is 25.7 Å². The summed E-state index contributed by atoms with van der Waals surface area (Å²) in [6, 6.07) is 0. The SMILES string of the molecule is Clc1ncc(Br)c(-n2cnc3c2CCCC3)n1. The number of aryl methyl sites for hydroxylation is 1. The smallest absolute Gasteiger partial charge is 0.224 e. The fourth-order valence-corrected chi connectivity index (χ4v) is 2.67. The summed E-state index contributed by atoms with van der Waals surface area (Å²) >= 11 is 9.29. The van der Waals surface area contributed by atoms with E-state index in [-0.39, 0.29) is 5.28 Å². The molecule has 4 nitrogen and oxygen atoms in total. The number of halogens is 2. The summed E-state index contributed by atoms with van der Waals surface area (Å²) < 4.78 is 2.83. The molecule has 0 saturated carbocycles. The molecule has 6 heteroatoms. The van der Waals surface area contributed by atoms with Gasteiger partial charge in [0.05, 0.1) is 10.2 Å². The van der Waals surface area contributed by atoms with Gasteiger partial charge in [0.15, 0.2) is 5.82 Å². The van der Waals surface area contributed by atoms with Crippen LogP contribution < -0.4 is 0 Å². The molecule has 0 atom stereocenters. The largest absolute Gasteiger partial charge is 0.286 e. The second-order valence-corrected chi connectivity index (χ2v) is 5.22. The lowest BCUT2D eigenvalue weighted by molar-refractivity contribution is 0.653. The second-order valence-electron chi connectivity index (χ2n) is 4.03. The molecule has 2 aromatic rings. The van der Waals surface area contributed by atoms with Gasteiger partial charge in [0.25, 0.3) is 0 Å². The van der Waals surface area contributed by atoms with Crippen molar-refractivity contribution in [3.8, 4) is 5.82 Å². The molecule has 1 aliphatic rings. The van der Waals surface area contributed by atoms with Crippen LogP contribution in [0.1, 0.15) is 24.2 Å². The lowest BCUT2D eigenvalue weighted by atomic mass is 10.0. The first-order valence-corrected chi connectivity index (χ1v) is 6.66. The van der Waals surface area contributed by atoms with Crippen molar-refractivity contribution in [1.82, 2.24) is 19.5 Å². The molecule has 2 heterocycles. The van der Waals surface area contributed by atoms with Gasteiger partial charge in [0, 0.05) is 11.9 Å². The maximum atomic E-state index is 5.84. The third-order valence-electron chi connectivity index (χ3n) is 2.95. The van der Waals surface area contributed by atoms with Gasteiger partial charge in [-0.25, -0.2) is 9.97 Å². The van der Waals surface area contributed by atoms with Gasteiger partial charge < -0.3 is 0 Å². The number of nitrogens with zero attached hydrogens (tertiary/aromatic N) is 4. The normalized spacial score (nSPS) is 14.7. The Morgan fingerprint density at radius 1 is 1.24 bits per heavy atom. The van der Waals surface area contributed by atoms with E-state index >= 15 is 0 Å². The van der Waals surface area contributed by atoms with Crippen LogP contribution in [0.15, 0.2) is 17.0 Å². The minimum atomic E-state index is 0.251. The molecule has 0 radical (unpaired) electrons. The fraction of sp³-hybridized carbons (Fsp3) is 0.364. The molecule has 0 amide bonds. The predicted molar refractivity (Wildman–Crippen MR) is 68.5 cm³/mol. The molecule has 0 unspecified atom stereocenters. The van der Waals surface area contributed by atoms with Crippen LogP contribution in [-0.2, 0) is 12.8 Å².